The first-order valence-corrected chi connectivity index (χ1v) is 11.9. The van der Waals surface area contributed by atoms with Gasteiger partial charge in [0.2, 0.25) is 0 Å². The Kier molecular flexibility index (Phi) is 6.77. The van der Waals surface area contributed by atoms with Crippen LogP contribution in [0.1, 0.15) is 32.3 Å². The second-order valence-corrected chi connectivity index (χ2v) is 11.8. The normalized spacial score (nSPS) is 19.2. The molecular formula is C16H21BF3IO4. The van der Waals surface area contributed by atoms with Gasteiger partial charge >= 0.3 is 153 Å². The Hall–Kier alpha value is -0.805. The van der Waals surface area contributed by atoms with Gasteiger partial charge in [0, 0.05) is 0 Å². The van der Waals surface area contributed by atoms with Crippen molar-refractivity contribution >= 4 is 33.3 Å². The van der Waals surface area contributed by atoms with Crippen LogP contribution < -0.4 is 0 Å². The third kappa shape index (κ3) is 5.10. The van der Waals surface area contributed by atoms with Crippen LogP contribution in [0.4, 0.5) is 13.2 Å². The minimum absolute atomic E-state index is 0.0297. The molecule has 0 spiro atoms. The molecule has 25 heavy (non-hydrogen) atoms. The van der Waals surface area contributed by atoms with Crippen LogP contribution in [0.3, 0.4) is 0 Å². The average Bonchev–Trinajstić information content (AvgIpc) is 2.81. The van der Waals surface area contributed by atoms with Gasteiger partial charge < -0.3 is 0 Å². The molecule has 1 heterocycles. The van der Waals surface area contributed by atoms with E-state index < -0.39 is 50.8 Å². The fourth-order valence-corrected chi connectivity index (χ4v) is 5.00. The second-order valence-electron chi connectivity index (χ2n) is 6.30. The van der Waals surface area contributed by atoms with Gasteiger partial charge in [0.15, 0.2) is 0 Å². The molecule has 0 saturated carbocycles. The van der Waals surface area contributed by atoms with Crippen molar-refractivity contribution in [1.82, 2.24) is 0 Å². The molecule has 0 N–H and O–H groups in total. The summed E-state index contributed by atoms with van der Waals surface area (Å²) in [6.45, 7) is 3.88. The van der Waals surface area contributed by atoms with E-state index in [2.05, 4.69) is 4.74 Å². The molecular weight excluding hydrogens is 451 g/mol. The van der Waals surface area contributed by atoms with Crippen LogP contribution in [0, 0.1) is 17.5 Å². The maximum absolute atomic E-state index is 14.0. The summed E-state index contributed by atoms with van der Waals surface area (Å²) in [5, 5.41) is 0. The van der Waals surface area contributed by atoms with Crippen molar-refractivity contribution < 1.29 is 30.3 Å². The average molecular weight is 472 g/mol. The van der Waals surface area contributed by atoms with Crippen LogP contribution in [0.5, 0.6) is 0 Å². The summed E-state index contributed by atoms with van der Waals surface area (Å²) in [4.78, 5) is 13.5. The molecule has 1 fully saturated rings. The molecule has 1 aliphatic heterocycles. The first-order chi connectivity index (χ1) is 11.6. The number of methoxy groups -OCH3 is 1. The minimum atomic E-state index is -1.82. The Bertz CT molecular complexity index is 644. The van der Waals surface area contributed by atoms with Crippen LogP contribution in [0.25, 0.3) is 0 Å². The van der Waals surface area contributed by atoms with E-state index in [1.807, 2.05) is 18.8 Å². The van der Waals surface area contributed by atoms with E-state index in [0.29, 0.717) is 12.5 Å². The molecule has 4 nitrogen and oxygen atoms in total. The molecule has 1 aromatic carbocycles. The van der Waals surface area contributed by atoms with E-state index in [9.17, 15) is 18.0 Å². The number of hydrogen-bond acceptors (Lipinski definition) is 4. The summed E-state index contributed by atoms with van der Waals surface area (Å²) >= 11 is -1.82. The number of halogens is 4. The van der Waals surface area contributed by atoms with E-state index >= 15 is 0 Å². The van der Waals surface area contributed by atoms with Gasteiger partial charge in [-0.05, 0) is 0 Å². The van der Waals surface area contributed by atoms with Crippen molar-refractivity contribution in [3.05, 3.63) is 35.1 Å². The molecule has 0 amide bonds. The number of alkyl halides is 2. The first kappa shape index (κ1) is 20.5. The van der Waals surface area contributed by atoms with Crippen molar-refractivity contribution in [2.75, 3.05) is 12.0 Å². The van der Waals surface area contributed by atoms with Gasteiger partial charge in [-0.15, -0.1) is 0 Å². The number of ether oxygens (including phenoxy) is 1. The number of hydrogen-bond donors (Lipinski definition) is 0. The van der Waals surface area contributed by atoms with Crippen LogP contribution >= 0.6 is 20.2 Å². The zero-order valence-corrected chi connectivity index (χ0v) is 16.7. The van der Waals surface area contributed by atoms with E-state index in [1.54, 1.807) is 0 Å². The Morgan fingerprint density at radius 2 is 1.92 bits per heavy atom. The van der Waals surface area contributed by atoms with Gasteiger partial charge in [-0.3, -0.25) is 0 Å². The monoisotopic (exact) mass is 472 g/mol. The zero-order valence-electron chi connectivity index (χ0n) is 14.6. The summed E-state index contributed by atoms with van der Waals surface area (Å²) < 4.78 is 56.8. The van der Waals surface area contributed by atoms with Crippen molar-refractivity contribution in [3.8, 4) is 0 Å². The van der Waals surface area contributed by atoms with Crippen LogP contribution in [-0.4, -0.2) is 28.7 Å². The molecule has 0 aromatic heterocycles. The summed E-state index contributed by atoms with van der Waals surface area (Å²) in [7, 11) is 0.677. The second kappa shape index (κ2) is 8.26. The number of rotatable bonds is 6. The Morgan fingerprint density at radius 3 is 2.48 bits per heavy atom. The quantitative estimate of drug-likeness (QED) is 0.204. The van der Waals surface area contributed by atoms with E-state index in [4.69, 9.17) is 7.64 Å². The predicted molar refractivity (Wildman–Crippen MR) is 97.0 cm³/mol. The molecule has 0 radical (unpaired) electrons. The van der Waals surface area contributed by atoms with Gasteiger partial charge in [-0.25, -0.2) is 0 Å². The number of benzene rings is 1. The SMILES string of the molecule is COC(=O)CCC(Cc1cc(F)c(F)cc1F)B1OI(C)C(C)(C)O1. The molecule has 9 heteroatoms. The zero-order chi connectivity index (χ0) is 18.8. The Balaban J connectivity index is 2.20. The molecule has 1 aliphatic rings. The summed E-state index contributed by atoms with van der Waals surface area (Å²) in [5.41, 5.74) is 0.0297. The van der Waals surface area contributed by atoms with Crippen molar-refractivity contribution in [1.29, 1.82) is 0 Å². The van der Waals surface area contributed by atoms with Crippen LogP contribution in [0.2, 0.25) is 5.82 Å². The predicted octanol–water partition coefficient (Wildman–Crippen LogP) is 4.29. The molecule has 1 aromatic rings. The van der Waals surface area contributed by atoms with Gasteiger partial charge in [-0.2, -0.15) is 0 Å². The number of carbonyl (C=O) groups excluding carboxylic acids is 1. The van der Waals surface area contributed by atoms with Crippen LogP contribution in [0.15, 0.2) is 12.1 Å². The molecule has 140 valence electrons. The number of esters is 1. The van der Waals surface area contributed by atoms with Gasteiger partial charge in [0.1, 0.15) is 0 Å². The van der Waals surface area contributed by atoms with Crippen LogP contribution in [-0.2, 0) is 23.6 Å². The standard InChI is InChI=1S/C16H21BF3IO4/c1-16(2)21(3)25-17(24-16)11(5-6-15(22)23-4)7-10-8-13(19)14(20)9-12(10)18/h8-9,11H,5-7H2,1-4H3. The number of carbonyl (C=O) groups is 1. The third-order valence-corrected chi connectivity index (χ3v) is 9.34. The van der Waals surface area contributed by atoms with Crippen molar-refractivity contribution in [3.63, 3.8) is 0 Å². The maximum atomic E-state index is 14.0. The third-order valence-electron chi connectivity index (χ3n) is 4.16. The van der Waals surface area contributed by atoms with Gasteiger partial charge in [-0.1, -0.05) is 0 Å². The topological polar surface area (TPSA) is 44.8 Å². The molecule has 0 bridgehead atoms. The molecule has 1 saturated heterocycles. The van der Waals surface area contributed by atoms with Crippen molar-refractivity contribution in [2.45, 2.75) is 42.5 Å². The van der Waals surface area contributed by atoms with Crippen molar-refractivity contribution in [2.24, 2.45) is 0 Å². The summed E-state index contributed by atoms with van der Waals surface area (Å²) in [6, 6.07) is 1.37. The molecule has 0 aliphatic carbocycles. The summed E-state index contributed by atoms with van der Waals surface area (Å²) in [5.74, 6) is -3.95. The first-order valence-electron chi connectivity index (χ1n) is 7.79. The fraction of sp³-hybridized carbons (Fsp3) is 0.562. The molecule has 1 atom stereocenters. The fourth-order valence-electron chi connectivity index (χ4n) is 2.51. The Morgan fingerprint density at radius 1 is 1.28 bits per heavy atom. The Labute approximate surface area is 153 Å². The van der Waals surface area contributed by atoms with E-state index in [1.165, 1.54) is 7.11 Å². The van der Waals surface area contributed by atoms with Gasteiger partial charge in [0.05, 0.1) is 0 Å². The molecule has 2 rings (SSSR count). The van der Waals surface area contributed by atoms with E-state index in [-0.39, 0.29) is 27.8 Å². The molecule has 1 unspecified atom stereocenters. The van der Waals surface area contributed by atoms with E-state index in [0.717, 1.165) is 6.07 Å². The van der Waals surface area contributed by atoms with Gasteiger partial charge in [0.25, 0.3) is 0 Å². The summed E-state index contributed by atoms with van der Waals surface area (Å²) in [6.07, 6.45) is 0.509.